The zero-order valence-corrected chi connectivity index (χ0v) is 17.4. The fourth-order valence-corrected chi connectivity index (χ4v) is 5.34. The molecule has 0 saturated carbocycles. The molecule has 5 nitrogen and oxygen atoms in total. The first-order chi connectivity index (χ1) is 12.6. The van der Waals surface area contributed by atoms with Crippen LogP contribution in [0.2, 0.25) is 0 Å². The summed E-state index contributed by atoms with van der Waals surface area (Å²) in [5.74, 6) is -0.261. The first-order valence-corrected chi connectivity index (χ1v) is 10.4. The molecule has 1 N–H and O–H groups in total. The Morgan fingerprint density at radius 3 is 2.77 bits per heavy atom. The number of nitrogens with one attached hydrogen (secondary N) is 1. The van der Waals surface area contributed by atoms with Gasteiger partial charge in [0.2, 0.25) is 0 Å². The molecule has 0 saturated heterocycles. The van der Waals surface area contributed by atoms with Crippen LogP contribution in [0.25, 0.3) is 0 Å². The quantitative estimate of drug-likeness (QED) is 0.507. The number of carbonyl (C=O) groups is 2. The van der Waals surface area contributed by atoms with Crippen molar-refractivity contribution in [3.63, 3.8) is 0 Å². The van der Waals surface area contributed by atoms with Crippen molar-refractivity contribution >= 4 is 46.0 Å². The minimum absolute atomic E-state index is 0.0175. The third kappa shape index (κ3) is 4.56. The monoisotopic (exact) mass is 485 g/mol. The van der Waals surface area contributed by atoms with Crippen LogP contribution in [0.4, 0.5) is 4.79 Å². The lowest BCUT2D eigenvalue weighted by atomic mass is 9.94. The van der Waals surface area contributed by atoms with Crippen LogP contribution in [0.15, 0.2) is 30.3 Å². The van der Waals surface area contributed by atoms with Crippen molar-refractivity contribution in [2.75, 3.05) is 6.61 Å². The van der Waals surface area contributed by atoms with Crippen molar-refractivity contribution in [2.45, 2.75) is 38.8 Å². The molecule has 26 heavy (non-hydrogen) atoms. The molecule has 1 aromatic carbocycles. The summed E-state index contributed by atoms with van der Waals surface area (Å²) in [6.45, 7) is 2.43. The highest BCUT2D eigenvalue weighted by Crippen LogP contribution is 2.35. The van der Waals surface area contributed by atoms with Crippen molar-refractivity contribution in [1.29, 1.82) is 0 Å². The molecular weight excluding hydrogens is 465 g/mol. The lowest BCUT2D eigenvalue weighted by Crippen LogP contribution is -2.39. The van der Waals surface area contributed by atoms with Gasteiger partial charge in [-0.05, 0) is 59.9 Å². The molecule has 1 aromatic heterocycles. The lowest BCUT2D eigenvalue weighted by molar-refractivity contribution is 0.0530. The smallest absolute Gasteiger partial charge is 0.407 e. The van der Waals surface area contributed by atoms with Crippen LogP contribution in [0.1, 0.15) is 39.0 Å². The normalized spacial score (nSPS) is 15.8. The highest BCUT2D eigenvalue weighted by Gasteiger charge is 2.28. The molecule has 1 unspecified atom stereocenters. The first-order valence-electron chi connectivity index (χ1n) is 8.52. The molecule has 0 radical (unpaired) electrons. The minimum Gasteiger partial charge on any atom is -0.462 e. The average molecular weight is 485 g/mol. The molecule has 1 atom stereocenters. The second-order valence-electron chi connectivity index (χ2n) is 6.01. The Balaban J connectivity index is 1.58. The molecule has 1 aliphatic rings. The zero-order chi connectivity index (χ0) is 18.5. The number of fused-ring (bicyclic) bond motifs is 1. The van der Waals surface area contributed by atoms with Gasteiger partial charge in [-0.1, -0.05) is 30.3 Å². The van der Waals surface area contributed by atoms with Crippen LogP contribution >= 0.6 is 33.9 Å². The van der Waals surface area contributed by atoms with Crippen molar-refractivity contribution in [3.05, 3.63) is 54.8 Å². The third-order valence-corrected chi connectivity index (χ3v) is 7.02. The number of alkyl carbamates (subject to hydrolysis) is 1. The van der Waals surface area contributed by atoms with E-state index in [1.807, 2.05) is 30.3 Å². The zero-order valence-electron chi connectivity index (χ0n) is 14.4. The van der Waals surface area contributed by atoms with Crippen molar-refractivity contribution in [1.82, 2.24) is 5.32 Å². The highest BCUT2D eigenvalue weighted by molar-refractivity contribution is 14.1. The van der Waals surface area contributed by atoms with Gasteiger partial charge < -0.3 is 14.8 Å². The summed E-state index contributed by atoms with van der Waals surface area (Å²) >= 11 is 3.72. The van der Waals surface area contributed by atoms with E-state index in [4.69, 9.17) is 9.47 Å². The van der Waals surface area contributed by atoms with Gasteiger partial charge >= 0.3 is 12.1 Å². The van der Waals surface area contributed by atoms with Gasteiger partial charge in [0, 0.05) is 14.5 Å². The predicted octanol–water partition coefficient (Wildman–Crippen LogP) is 4.31. The molecule has 7 heteroatoms. The Hall–Kier alpha value is -1.61. The summed E-state index contributed by atoms with van der Waals surface area (Å²) in [4.78, 5) is 26.0. The number of thiophene rings is 1. The van der Waals surface area contributed by atoms with Crippen molar-refractivity contribution < 1.29 is 19.1 Å². The summed E-state index contributed by atoms with van der Waals surface area (Å²) in [7, 11) is 0. The maximum atomic E-state index is 12.1. The van der Waals surface area contributed by atoms with Crippen LogP contribution in [-0.4, -0.2) is 24.7 Å². The average Bonchev–Trinajstić information content (AvgIpc) is 2.98. The van der Waals surface area contributed by atoms with Crippen LogP contribution in [0.3, 0.4) is 0 Å². The molecule has 0 bridgehead atoms. The number of esters is 1. The van der Waals surface area contributed by atoms with Gasteiger partial charge in [-0.25, -0.2) is 9.59 Å². The Bertz CT molecular complexity index is 790. The summed E-state index contributed by atoms with van der Waals surface area (Å²) < 4.78 is 11.4. The molecule has 0 fully saturated rings. The number of amides is 1. The molecule has 3 rings (SSSR count). The number of ether oxygens (including phenoxy) is 2. The van der Waals surface area contributed by atoms with E-state index < -0.39 is 6.09 Å². The van der Waals surface area contributed by atoms with E-state index in [1.165, 1.54) is 16.2 Å². The van der Waals surface area contributed by atoms with Gasteiger partial charge in [0.25, 0.3) is 0 Å². The number of hydrogen-bond donors (Lipinski definition) is 1. The van der Waals surface area contributed by atoms with Crippen LogP contribution in [0, 0.1) is 3.57 Å². The SMILES string of the molecule is CCOC(=O)c1sc2c(c1I)CC(NC(=O)OCc1ccccc1)CC2. The molecule has 1 aliphatic carbocycles. The number of rotatable bonds is 5. The van der Waals surface area contributed by atoms with Crippen molar-refractivity contribution in [2.24, 2.45) is 0 Å². The van der Waals surface area contributed by atoms with Crippen molar-refractivity contribution in [3.8, 4) is 0 Å². The van der Waals surface area contributed by atoms with E-state index in [9.17, 15) is 9.59 Å². The lowest BCUT2D eigenvalue weighted by Gasteiger charge is -2.23. The van der Waals surface area contributed by atoms with E-state index in [0.29, 0.717) is 17.9 Å². The number of aryl methyl sites for hydroxylation is 1. The molecule has 1 amide bonds. The second kappa shape index (κ2) is 8.85. The first kappa shape index (κ1) is 19.2. The predicted molar refractivity (Wildman–Crippen MR) is 109 cm³/mol. The standard InChI is InChI=1S/C19H20INO4S/c1-2-24-18(22)17-16(20)14-10-13(8-9-15(14)26-17)21-19(23)25-11-12-6-4-3-5-7-12/h3-7,13H,2,8-11H2,1H3,(H,21,23). The Kier molecular flexibility index (Phi) is 6.53. The number of benzene rings is 1. The third-order valence-electron chi connectivity index (χ3n) is 4.19. The molecule has 1 heterocycles. The minimum atomic E-state index is -0.404. The summed E-state index contributed by atoms with van der Waals surface area (Å²) in [6, 6.07) is 9.62. The van der Waals surface area contributed by atoms with E-state index in [0.717, 1.165) is 27.5 Å². The highest BCUT2D eigenvalue weighted by atomic mass is 127. The number of hydrogen-bond acceptors (Lipinski definition) is 5. The Morgan fingerprint density at radius 2 is 2.04 bits per heavy atom. The number of carbonyl (C=O) groups excluding carboxylic acids is 2. The second-order valence-corrected chi connectivity index (χ2v) is 8.20. The molecule has 138 valence electrons. The summed E-state index contributed by atoms with van der Waals surface area (Å²) in [5, 5.41) is 2.94. The van der Waals surface area contributed by atoms with E-state index in [2.05, 4.69) is 27.9 Å². The van der Waals surface area contributed by atoms with E-state index >= 15 is 0 Å². The molecular formula is C19H20INO4S. The summed E-state index contributed by atoms with van der Waals surface area (Å²) in [5.41, 5.74) is 2.11. The maximum Gasteiger partial charge on any atom is 0.407 e. The topological polar surface area (TPSA) is 64.6 Å². The molecule has 0 spiro atoms. The molecule has 2 aromatic rings. The van der Waals surface area contributed by atoms with Crippen LogP contribution < -0.4 is 5.32 Å². The van der Waals surface area contributed by atoms with Gasteiger partial charge in [-0.3, -0.25) is 0 Å². The van der Waals surface area contributed by atoms with Crippen LogP contribution in [-0.2, 0) is 28.9 Å². The summed E-state index contributed by atoms with van der Waals surface area (Å²) in [6.07, 6.45) is 1.99. The largest absolute Gasteiger partial charge is 0.462 e. The van der Waals surface area contributed by atoms with E-state index in [-0.39, 0.29) is 18.6 Å². The van der Waals surface area contributed by atoms with Gasteiger partial charge in [0.05, 0.1) is 6.61 Å². The fraction of sp³-hybridized carbons (Fsp3) is 0.368. The van der Waals surface area contributed by atoms with Gasteiger partial charge in [-0.15, -0.1) is 11.3 Å². The van der Waals surface area contributed by atoms with Gasteiger partial charge in [0.1, 0.15) is 11.5 Å². The maximum absolute atomic E-state index is 12.1. The molecule has 0 aliphatic heterocycles. The number of halogens is 1. The van der Waals surface area contributed by atoms with Gasteiger partial charge in [0.15, 0.2) is 0 Å². The van der Waals surface area contributed by atoms with Crippen LogP contribution in [0.5, 0.6) is 0 Å². The van der Waals surface area contributed by atoms with E-state index in [1.54, 1.807) is 6.92 Å². The Labute approximate surface area is 170 Å². The Morgan fingerprint density at radius 1 is 1.27 bits per heavy atom. The fourth-order valence-electron chi connectivity index (χ4n) is 2.93. The van der Waals surface area contributed by atoms with Gasteiger partial charge in [-0.2, -0.15) is 0 Å².